The van der Waals surface area contributed by atoms with E-state index in [9.17, 15) is 5.11 Å². The van der Waals surface area contributed by atoms with Crippen molar-refractivity contribution in [3.8, 4) is 11.3 Å². The summed E-state index contributed by atoms with van der Waals surface area (Å²) in [4.78, 5) is 9.13. The zero-order chi connectivity index (χ0) is 14.7. The SMILES string of the molecule is CCC(CO)c1nc(C)cc(-c2cc(Br)ccc2C)n1. The Labute approximate surface area is 128 Å². The first kappa shape index (κ1) is 15.1. The van der Waals surface area contributed by atoms with Gasteiger partial charge in [0, 0.05) is 21.6 Å². The molecule has 106 valence electrons. The Kier molecular flexibility index (Phi) is 4.89. The predicted octanol–water partition coefficient (Wildman–Crippen LogP) is 4.01. The topological polar surface area (TPSA) is 46.0 Å². The van der Waals surface area contributed by atoms with Crippen LogP contribution in [0, 0.1) is 13.8 Å². The van der Waals surface area contributed by atoms with Crippen molar-refractivity contribution >= 4 is 15.9 Å². The first-order valence-corrected chi connectivity index (χ1v) is 7.57. The maximum atomic E-state index is 9.44. The number of nitrogens with zero attached hydrogens (tertiary/aromatic N) is 2. The number of rotatable bonds is 4. The van der Waals surface area contributed by atoms with Crippen LogP contribution >= 0.6 is 15.9 Å². The van der Waals surface area contributed by atoms with Crippen LogP contribution in [-0.4, -0.2) is 21.7 Å². The van der Waals surface area contributed by atoms with Gasteiger partial charge in [-0.15, -0.1) is 0 Å². The van der Waals surface area contributed by atoms with Crippen LogP contribution in [0.3, 0.4) is 0 Å². The number of aromatic nitrogens is 2. The van der Waals surface area contributed by atoms with Gasteiger partial charge in [0.15, 0.2) is 0 Å². The molecule has 1 unspecified atom stereocenters. The maximum absolute atomic E-state index is 9.44. The number of aliphatic hydroxyl groups is 1. The second-order valence-corrected chi connectivity index (χ2v) is 5.92. The van der Waals surface area contributed by atoms with Crippen molar-refractivity contribution in [1.29, 1.82) is 0 Å². The molecule has 1 N–H and O–H groups in total. The molecule has 0 spiro atoms. The van der Waals surface area contributed by atoms with E-state index in [0.717, 1.165) is 33.7 Å². The van der Waals surface area contributed by atoms with Crippen molar-refractivity contribution in [2.45, 2.75) is 33.1 Å². The van der Waals surface area contributed by atoms with Crippen LogP contribution in [0.2, 0.25) is 0 Å². The molecular weight excluding hydrogens is 316 g/mol. The van der Waals surface area contributed by atoms with E-state index in [4.69, 9.17) is 0 Å². The molecule has 4 heteroatoms. The normalized spacial score (nSPS) is 12.4. The number of halogens is 1. The third kappa shape index (κ3) is 3.25. The zero-order valence-corrected chi connectivity index (χ0v) is 13.6. The molecule has 2 aromatic rings. The Morgan fingerprint density at radius 3 is 2.60 bits per heavy atom. The van der Waals surface area contributed by atoms with Gasteiger partial charge in [0.25, 0.3) is 0 Å². The van der Waals surface area contributed by atoms with Crippen molar-refractivity contribution in [2.75, 3.05) is 6.61 Å². The Morgan fingerprint density at radius 2 is 1.95 bits per heavy atom. The van der Waals surface area contributed by atoms with E-state index in [-0.39, 0.29) is 12.5 Å². The molecule has 1 aromatic carbocycles. The highest BCUT2D eigenvalue weighted by molar-refractivity contribution is 9.10. The lowest BCUT2D eigenvalue weighted by Crippen LogP contribution is -2.09. The summed E-state index contributed by atoms with van der Waals surface area (Å²) in [6, 6.07) is 8.15. The summed E-state index contributed by atoms with van der Waals surface area (Å²) in [7, 11) is 0. The minimum absolute atomic E-state index is 0.00103. The third-order valence-corrected chi connectivity index (χ3v) is 3.92. The summed E-state index contributed by atoms with van der Waals surface area (Å²) < 4.78 is 1.03. The fraction of sp³-hybridized carbons (Fsp3) is 0.375. The highest BCUT2D eigenvalue weighted by Gasteiger charge is 2.14. The van der Waals surface area contributed by atoms with Crippen LogP contribution in [0.1, 0.15) is 36.3 Å². The number of hydrogen-bond acceptors (Lipinski definition) is 3. The van der Waals surface area contributed by atoms with Gasteiger partial charge in [-0.2, -0.15) is 0 Å². The molecule has 0 aliphatic rings. The van der Waals surface area contributed by atoms with Crippen LogP contribution in [0.5, 0.6) is 0 Å². The molecule has 0 saturated carbocycles. The van der Waals surface area contributed by atoms with Gasteiger partial charge in [0.05, 0.1) is 12.3 Å². The standard InChI is InChI=1S/C16H19BrN2O/c1-4-12(9-20)16-18-11(3)7-15(19-16)14-8-13(17)6-5-10(14)2/h5-8,12,20H,4,9H2,1-3H3. The summed E-state index contributed by atoms with van der Waals surface area (Å²) in [6.45, 7) is 6.15. The van der Waals surface area contributed by atoms with E-state index in [1.807, 2.05) is 26.0 Å². The van der Waals surface area contributed by atoms with Gasteiger partial charge in [-0.05, 0) is 44.0 Å². The Balaban J connectivity index is 2.54. The van der Waals surface area contributed by atoms with Gasteiger partial charge in [-0.25, -0.2) is 9.97 Å². The average Bonchev–Trinajstić information content (AvgIpc) is 2.42. The summed E-state index contributed by atoms with van der Waals surface area (Å²) in [5, 5.41) is 9.44. The smallest absolute Gasteiger partial charge is 0.134 e. The van der Waals surface area contributed by atoms with E-state index in [1.165, 1.54) is 5.56 Å². The quantitative estimate of drug-likeness (QED) is 0.918. The van der Waals surface area contributed by atoms with Crippen LogP contribution in [-0.2, 0) is 0 Å². The largest absolute Gasteiger partial charge is 0.396 e. The molecule has 1 atom stereocenters. The minimum atomic E-state index is 0.00103. The molecule has 0 saturated heterocycles. The molecule has 20 heavy (non-hydrogen) atoms. The fourth-order valence-electron chi connectivity index (χ4n) is 2.18. The van der Waals surface area contributed by atoms with Gasteiger partial charge < -0.3 is 5.11 Å². The fourth-order valence-corrected chi connectivity index (χ4v) is 2.54. The second-order valence-electron chi connectivity index (χ2n) is 5.00. The summed E-state index contributed by atoms with van der Waals surface area (Å²) in [5.74, 6) is 0.727. The molecule has 0 radical (unpaired) electrons. The monoisotopic (exact) mass is 334 g/mol. The van der Waals surface area contributed by atoms with E-state index in [2.05, 4.69) is 45.0 Å². The van der Waals surface area contributed by atoms with Gasteiger partial charge in [-0.1, -0.05) is 28.9 Å². The summed E-state index contributed by atoms with van der Waals surface area (Å²) in [6.07, 6.45) is 0.830. The van der Waals surface area contributed by atoms with E-state index in [0.29, 0.717) is 0 Å². The molecule has 2 rings (SSSR count). The minimum Gasteiger partial charge on any atom is -0.396 e. The van der Waals surface area contributed by atoms with Gasteiger partial charge in [0.1, 0.15) is 5.82 Å². The van der Waals surface area contributed by atoms with Gasteiger partial charge >= 0.3 is 0 Å². The first-order chi connectivity index (χ1) is 9.55. The lowest BCUT2D eigenvalue weighted by molar-refractivity contribution is 0.257. The van der Waals surface area contributed by atoms with Crippen LogP contribution in [0.15, 0.2) is 28.7 Å². The van der Waals surface area contributed by atoms with E-state index < -0.39 is 0 Å². The van der Waals surface area contributed by atoms with Crippen molar-refractivity contribution in [1.82, 2.24) is 9.97 Å². The lowest BCUT2D eigenvalue weighted by atomic mass is 10.0. The van der Waals surface area contributed by atoms with Gasteiger partial charge in [-0.3, -0.25) is 0 Å². The lowest BCUT2D eigenvalue weighted by Gasteiger charge is -2.13. The number of hydrogen-bond donors (Lipinski definition) is 1. The molecule has 0 fully saturated rings. The average molecular weight is 335 g/mol. The highest BCUT2D eigenvalue weighted by atomic mass is 79.9. The molecule has 0 aliphatic carbocycles. The van der Waals surface area contributed by atoms with E-state index in [1.54, 1.807) is 0 Å². The number of aliphatic hydroxyl groups excluding tert-OH is 1. The first-order valence-electron chi connectivity index (χ1n) is 6.78. The molecule has 0 amide bonds. The van der Waals surface area contributed by atoms with Crippen LogP contribution < -0.4 is 0 Å². The van der Waals surface area contributed by atoms with Crippen molar-refractivity contribution in [3.63, 3.8) is 0 Å². The molecular formula is C16H19BrN2O. The Morgan fingerprint density at radius 1 is 1.20 bits per heavy atom. The van der Waals surface area contributed by atoms with E-state index >= 15 is 0 Å². The maximum Gasteiger partial charge on any atom is 0.134 e. The summed E-state index contributed by atoms with van der Waals surface area (Å²) in [5.41, 5.74) is 4.11. The molecule has 0 aliphatic heterocycles. The number of aryl methyl sites for hydroxylation is 2. The second kappa shape index (κ2) is 6.46. The van der Waals surface area contributed by atoms with Crippen molar-refractivity contribution < 1.29 is 5.11 Å². The predicted molar refractivity (Wildman–Crippen MR) is 84.8 cm³/mol. The summed E-state index contributed by atoms with van der Waals surface area (Å²) >= 11 is 3.50. The zero-order valence-electron chi connectivity index (χ0n) is 12.0. The Bertz CT molecular complexity index is 609. The highest BCUT2D eigenvalue weighted by Crippen LogP contribution is 2.27. The molecule has 0 bridgehead atoms. The van der Waals surface area contributed by atoms with Gasteiger partial charge in [0.2, 0.25) is 0 Å². The van der Waals surface area contributed by atoms with Crippen LogP contribution in [0.25, 0.3) is 11.3 Å². The third-order valence-electron chi connectivity index (χ3n) is 3.43. The number of benzene rings is 1. The molecule has 1 heterocycles. The Hall–Kier alpha value is -1.26. The van der Waals surface area contributed by atoms with Crippen LogP contribution in [0.4, 0.5) is 0 Å². The molecule has 3 nitrogen and oxygen atoms in total. The van der Waals surface area contributed by atoms with Crippen molar-refractivity contribution in [3.05, 3.63) is 45.8 Å². The molecule has 1 aromatic heterocycles. The van der Waals surface area contributed by atoms with Crippen molar-refractivity contribution in [2.24, 2.45) is 0 Å².